The number of phenolic OH excluding ortho intramolecular Hbond substituents is 1. The van der Waals surface area contributed by atoms with E-state index in [1.54, 1.807) is 13.0 Å². The van der Waals surface area contributed by atoms with Crippen molar-refractivity contribution in [3.63, 3.8) is 0 Å². The molecule has 2 rings (SSSR count). The van der Waals surface area contributed by atoms with Gasteiger partial charge in [-0.3, -0.25) is 0 Å². The third kappa shape index (κ3) is 2.87. The standard InChI is InChI=1S/C15H13F3O2/c1-9-5-10(7-12(19)6-9)13-8-11(15(16,17)18)3-4-14(13)20-2/h3-8,19H,1-2H3. The Bertz CT molecular complexity index is 613. The van der Waals surface area contributed by atoms with Crippen LogP contribution in [0.1, 0.15) is 11.1 Å². The first kappa shape index (κ1) is 14.2. The Morgan fingerprint density at radius 3 is 2.30 bits per heavy atom. The average Bonchev–Trinajstić information content (AvgIpc) is 2.35. The van der Waals surface area contributed by atoms with E-state index in [1.807, 2.05) is 0 Å². The van der Waals surface area contributed by atoms with Crippen molar-refractivity contribution in [2.75, 3.05) is 7.11 Å². The lowest BCUT2D eigenvalue weighted by atomic mass is 9.99. The van der Waals surface area contributed by atoms with Crippen LogP contribution in [0.5, 0.6) is 11.5 Å². The zero-order valence-corrected chi connectivity index (χ0v) is 11.0. The lowest BCUT2D eigenvalue weighted by Gasteiger charge is -2.13. The fraction of sp³-hybridized carbons (Fsp3) is 0.200. The van der Waals surface area contributed by atoms with Gasteiger partial charge in [0.2, 0.25) is 0 Å². The molecule has 0 bridgehead atoms. The van der Waals surface area contributed by atoms with Crippen LogP contribution in [-0.2, 0) is 6.18 Å². The van der Waals surface area contributed by atoms with Crippen LogP contribution in [0.4, 0.5) is 13.2 Å². The minimum absolute atomic E-state index is 0.000496. The summed E-state index contributed by atoms with van der Waals surface area (Å²) in [5, 5.41) is 9.58. The van der Waals surface area contributed by atoms with E-state index in [0.29, 0.717) is 16.9 Å². The number of aryl methyl sites for hydroxylation is 1. The van der Waals surface area contributed by atoms with Crippen molar-refractivity contribution in [2.24, 2.45) is 0 Å². The lowest BCUT2D eigenvalue weighted by molar-refractivity contribution is -0.137. The molecular formula is C15H13F3O2. The molecule has 0 fully saturated rings. The molecule has 2 aromatic rings. The van der Waals surface area contributed by atoms with Gasteiger partial charge in [-0.25, -0.2) is 0 Å². The zero-order chi connectivity index (χ0) is 14.9. The molecule has 0 aliphatic carbocycles. The molecule has 106 valence electrons. The summed E-state index contributed by atoms with van der Waals surface area (Å²) in [6, 6.07) is 7.90. The SMILES string of the molecule is COc1ccc(C(F)(F)F)cc1-c1cc(C)cc(O)c1. The molecule has 0 amide bonds. The van der Waals surface area contributed by atoms with Gasteiger partial charge in [-0.05, 0) is 48.4 Å². The van der Waals surface area contributed by atoms with Crippen LogP contribution in [-0.4, -0.2) is 12.2 Å². The first-order chi connectivity index (χ1) is 9.31. The van der Waals surface area contributed by atoms with E-state index in [-0.39, 0.29) is 5.75 Å². The third-order valence-electron chi connectivity index (χ3n) is 2.90. The van der Waals surface area contributed by atoms with Gasteiger partial charge in [-0.2, -0.15) is 13.2 Å². The summed E-state index contributed by atoms with van der Waals surface area (Å²) in [5.41, 5.74) is 0.764. The van der Waals surface area contributed by atoms with E-state index in [1.165, 1.54) is 25.3 Å². The number of benzene rings is 2. The van der Waals surface area contributed by atoms with E-state index in [0.717, 1.165) is 17.7 Å². The van der Waals surface area contributed by atoms with Gasteiger partial charge >= 0.3 is 6.18 Å². The highest BCUT2D eigenvalue weighted by molar-refractivity contribution is 5.73. The molecule has 0 saturated carbocycles. The maximum atomic E-state index is 12.8. The average molecular weight is 282 g/mol. The topological polar surface area (TPSA) is 29.5 Å². The van der Waals surface area contributed by atoms with Gasteiger partial charge in [0.25, 0.3) is 0 Å². The van der Waals surface area contributed by atoms with Gasteiger partial charge in [0, 0.05) is 5.56 Å². The molecule has 20 heavy (non-hydrogen) atoms. The van der Waals surface area contributed by atoms with Crippen molar-refractivity contribution < 1.29 is 23.0 Å². The molecule has 0 saturated heterocycles. The van der Waals surface area contributed by atoms with Crippen LogP contribution in [0, 0.1) is 6.92 Å². The molecule has 0 aromatic heterocycles. The van der Waals surface area contributed by atoms with Crippen molar-refractivity contribution in [3.8, 4) is 22.6 Å². The van der Waals surface area contributed by atoms with Gasteiger partial charge in [-0.15, -0.1) is 0 Å². The molecule has 0 aliphatic rings. The predicted octanol–water partition coefficient (Wildman–Crippen LogP) is 4.40. The van der Waals surface area contributed by atoms with E-state index < -0.39 is 11.7 Å². The van der Waals surface area contributed by atoms with Crippen LogP contribution >= 0.6 is 0 Å². The minimum Gasteiger partial charge on any atom is -0.508 e. The zero-order valence-electron chi connectivity index (χ0n) is 11.0. The number of alkyl halides is 3. The predicted molar refractivity (Wildman–Crippen MR) is 69.8 cm³/mol. The molecule has 0 heterocycles. The maximum absolute atomic E-state index is 12.8. The quantitative estimate of drug-likeness (QED) is 0.885. The van der Waals surface area contributed by atoms with E-state index in [2.05, 4.69) is 0 Å². The first-order valence-corrected chi connectivity index (χ1v) is 5.87. The summed E-state index contributed by atoms with van der Waals surface area (Å²) in [6.45, 7) is 1.75. The molecule has 0 unspecified atom stereocenters. The van der Waals surface area contributed by atoms with E-state index >= 15 is 0 Å². The summed E-state index contributed by atoms with van der Waals surface area (Å²) < 4.78 is 43.5. The summed E-state index contributed by atoms with van der Waals surface area (Å²) in [4.78, 5) is 0. The van der Waals surface area contributed by atoms with Gasteiger partial charge in [0.05, 0.1) is 12.7 Å². The van der Waals surface area contributed by atoms with Crippen LogP contribution in [0.15, 0.2) is 36.4 Å². The van der Waals surface area contributed by atoms with Gasteiger partial charge in [0.1, 0.15) is 11.5 Å². The normalized spacial score (nSPS) is 11.4. The molecule has 0 spiro atoms. The van der Waals surface area contributed by atoms with Crippen molar-refractivity contribution in [1.82, 2.24) is 0 Å². The van der Waals surface area contributed by atoms with Crippen LogP contribution in [0.3, 0.4) is 0 Å². The van der Waals surface area contributed by atoms with Crippen molar-refractivity contribution in [3.05, 3.63) is 47.5 Å². The maximum Gasteiger partial charge on any atom is 0.416 e. The lowest BCUT2D eigenvalue weighted by Crippen LogP contribution is -2.05. The molecule has 0 atom stereocenters. The van der Waals surface area contributed by atoms with Gasteiger partial charge in [-0.1, -0.05) is 6.07 Å². The third-order valence-corrected chi connectivity index (χ3v) is 2.90. The fourth-order valence-corrected chi connectivity index (χ4v) is 2.03. The molecule has 0 aliphatic heterocycles. The molecular weight excluding hydrogens is 269 g/mol. The number of methoxy groups -OCH3 is 1. The van der Waals surface area contributed by atoms with Crippen molar-refractivity contribution in [2.45, 2.75) is 13.1 Å². The minimum atomic E-state index is -4.42. The Hall–Kier alpha value is -2.17. The highest BCUT2D eigenvalue weighted by atomic mass is 19.4. The number of hydrogen-bond donors (Lipinski definition) is 1. The summed E-state index contributed by atoms with van der Waals surface area (Å²) in [6.07, 6.45) is -4.42. The summed E-state index contributed by atoms with van der Waals surface area (Å²) >= 11 is 0. The second-order valence-corrected chi connectivity index (χ2v) is 4.47. The molecule has 1 N–H and O–H groups in total. The van der Waals surface area contributed by atoms with Crippen molar-refractivity contribution >= 4 is 0 Å². The van der Waals surface area contributed by atoms with Crippen LogP contribution < -0.4 is 4.74 Å². The highest BCUT2D eigenvalue weighted by Gasteiger charge is 2.31. The van der Waals surface area contributed by atoms with Gasteiger partial charge in [0.15, 0.2) is 0 Å². The van der Waals surface area contributed by atoms with Crippen LogP contribution in [0.2, 0.25) is 0 Å². The summed E-state index contributed by atoms with van der Waals surface area (Å²) in [5.74, 6) is 0.322. The Morgan fingerprint density at radius 1 is 1.05 bits per heavy atom. The highest BCUT2D eigenvalue weighted by Crippen LogP contribution is 2.38. The fourth-order valence-electron chi connectivity index (χ4n) is 2.03. The number of rotatable bonds is 2. The van der Waals surface area contributed by atoms with Gasteiger partial charge < -0.3 is 9.84 Å². The second kappa shape index (κ2) is 5.07. The van der Waals surface area contributed by atoms with Crippen molar-refractivity contribution in [1.29, 1.82) is 0 Å². The molecule has 2 nitrogen and oxygen atoms in total. The largest absolute Gasteiger partial charge is 0.508 e. The molecule has 2 aromatic carbocycles. The Labute approximate surface area is 114 Å². The number of aromatic hydroxyl groups is 1. The first-order valence-electron chi connectivity index (χ1n) is 5.87. The smallest absolute Gasteiger partial charge is 0.416 e. The Kier molecular flexibility index (Phi) is 3.61. The number of halogens is 3. The summed E-state index contributed by atoms with van der Waals surface area (Å²) in [7, 11) is 1.39. The number of hydrogen-bond acceptors (Lipinski definition) is 2. The Balaban J connectivity index is 2.64. The monoisotopic (exact) mass is 282 g/mol. The molecule has 5 heteroatoms. The van der Waals surface area contributed by atoms with Crippen LogP contribution in [0.25, 0.3) is 11.1 Å². The molecule has 0 radical (unpaired) electrons. The number of phenols is 1. The number of ether oxygens (including phenoxy) is 1. The second-order valence-electron chi connectivity index (χ2n) is 4.47. The van der Waals surface area contributed by atoms with E-state index in [4.69, 9.17) is 4.74 Å². The van der Waals surface area contributed by atoms with E-state index in [9.17, 15) is 18.3 Å². The Morgan fingerprint density at radius 2 is 1.75 bits per heavy atom.